The van der Waals surface area contributed by atoms with Gasteiger partial charge in [-0.15, -0.1) is 0 Å². The van der Waals surface area contributed by atoms with Crippen molar-refractivity contribution in [2.24, 2.45) is 0 Å². The zero-order valence-electron chi connectivity index (χ0n) is 25.4. The Morgan fingerprint density at radius 2 is 1.53 bits per heavy atom. The highest BCUT2D eigenvalue weighted by molar-refractivity contribution is 6.09. The molecule has 0 aliphatic rings. The molecule has 3 N–H and O–H groups in total. The van der Waals surface area contributed by atoms with Gasteiger partial charge < -0.3 is 25.1 Å². The number of ether oxygens (including phenoxy) is 1. The Kier molecular flexibility index (Phi) is 8.20. The van der Waals surface area contributed by atoms with E-state index in [4.69, 9.17) is 9.15 Å². The summed E-state index contributed by atoms with van der Waals surface area (Å²) in [5.41, 5.74) is 6.85. The first-order chi connectivity index (χ1) is 21.7. The molecule has 0 saturated carbocycles. The average molecular weight is 599 g/mol. The Morgan fingerprint density at radius 3 is 2.31 bits per heavy atom. The Bertz CT molecular complexity index is 1970. The number of carbonyl (C=O) groups excluding carboxylic acids is 2. The number of carbonyl (C=O) groups is 2. The smallest absolute Gasteiger partial charge is 0.407 e. The minimum absolute atomic E-state index is 0.201. The topological polar surface area (TPSA) is 105 Å². The van der Waals surface area contributed by atoms with E-state index in [1.54, 1.807) is 18.3 Å². The Morgan fingerprint density at radius 1 is 0.800 bits per heavy atom. The molecule has 0 aliphatic carbocycles. The summed E-state index contributed by atoms with van der Waals surface area (Å²) < 4.78 is 11.5. The summed E-state index contributed by atoms with van der Waals surface area (Å²) in [4.78, 5) is 29.3. The summed E-state index contributed by atoms with van der Waals surface area (Å²) in [6.45, 7) is 5.92. The van der Waals surface area contributed by atoms with Gasteiger partial charge in [0, 0.05) is 51.7 Å². The highest BCUT2D eigenvalue weighted by Gasteiger charge is 2.16. The van der Waals surface area contributed by atoms with Gasteiger partial charge in [-0.1, -0.05) is 42.5 Å². The van der Waals surface area contributed by atoms with Crippen LogP contribution in [0.3, 0.4) is 0 Å². The average Bonchev–Trinajstić information content (AvgIpc) is 3.41. The zero-order valence-corrected chi connectivity index (χ0v) is 25.4. The van der Waals surface area contributed by atoms with Gasteiger partial charge in [-0.25, -0.2) is 4.79 Å². The van der Waals surface area contributed by atoms with E-state index in [0.717, 1.165) is 50.1 Å². The number of alkyl carbamates (subject to hydrolysis) is 1. The summed E-state index contributed by atoms with van der Waals surface area (Å²) in [7, 11) is 0. The van der Waals surface area contributed by atoms with Gasteiger partial charge in [0.1, 0.15) is 16.8 Å². The van der Waals surface area contributed by atoms with E-state index in [1.165, 1.54) is 0 Å². The lowest BCUT2D eigenvalue weighted by molar-refractivity contribution is 0.0528. The lowest BCUT2D eigenvalue weighted by Crippen LogP contribution is -2.33. The number of nitrogens with one attached hydrogen (secondary N) is 3. The molecular formula is C37H34N4O4. The maximum Gasteiger partial charge on any atom is 0.407 e. The molecule has 226 valence electrons. The van der Waals surface area contributed by atoms with E-state index in [0.29, 0.717) is 24.2 Å². The van der Waals surface area contributed by atoms with Crippen molar-refractivity contribution in [3.05, 3.63) is 120 Å². The fraction of sp³-hybridized carbons (Fsp3) is 0.162. The molecule has 2 heterocycles. The number of aromatic nitrogens is 1. The molecule has 2 aromatic heterocycles. The lowest BCUT2D eigenvalue weighted by Gasteiger charge is -2.19. The molecule has 8 nitrogen and oxygen atoms in total. The van der Waals surface area contributed by atoms with Crippen LogP contribution in [-0.4, -0.2) is 29.1 Å². The number of amides is 2. The number of anilines is 3. The maximum atomic E-state index is 12.8. The van der Waals surface area contributed by atoms with Crippen molar-refractivity contribution < 1.29 is 18.7 Å². The summed E-state index contributed by atoms with van der Waals surface area (Å²) in [5, 5.41) is 11.3. The van der Waals surface area contributed by atoms with Crippen molar-refractivity contribution in [1.82, 2.24) is 10.3 Å². The van der Waals surface area contributed by atoms with Gasteiger partial charge in [-0.05, 0) is 93.4 Å². The van der Waals surface area contributed by atoms with Crippen LogP contribution in [0.5, 0.6) is 0 Å². The molecule has 45 heavy (non-hydrogen) atoms. The quantitative estimate of drug-likeness (QED) is 0.162. The number of benzene rings is 4. The van der Waals surface area contributed by atoms with Gasteiger partial charge in [0.05, 0.1) is 5.69 Å². The molecule has 0 saturated heterocycles. The Hall–Kier alpha value is -5.63. The van der Waals surface area contributed by atoms with Crippen molar-refractivity contribution in [2.45, 2.75) is 32.8 Å². The fourth-order valence-electron chi connectivity index (χ4n) is 5.06. The molecule has 6 aromatic rings. The van der Waals surface area contributed by atoms with E-state index >= 15 is 0 Å². The molecule has 4 aromatic carbocycles. The van der Waals surface area contributed by atoms with E-state index in [1.807, 2.05) is 99.6 Å². The molecule has 0 spiro atoms. The molecule has 2 amide bonds. The first-order valence-electron chi connectivity index (χ1n) is 14.8. The third kappa shape index (κ3) is 7.13. The van der Waals surface area contributed by atoms with Gasteiger partial charge in [0.15, 0.2) is 0 Å². The number of para-hydroxylation sites is 2. The molecule has 0 atom stereocenters. The van der Waals surface area contributed by atoms with Gasteiger partial charge in [-0.3, -0.25) is 9.78 Å². The van der Waals surface area contributed by atoms with Gasteiger partial charge in [0.2, 0.25) is 0 Å². The van der Waals surface area contributed by atoms with Gasteiger partial charge in [-0.2, -0.15) is 0 Å². The molecule has 0 radical (unpaired) electrons. The zero-order chi connectivity index (χ0) is 31.4. The molecule has 0 aliphatic heterocycles. The summed E-state index contributed by atoms with van der Waals surface area (Å²) in [6.07, 6.45) is 1.96. The van der Waals surface area contributed by atoms with Crippen molar-refractivity contribution in [1.29, 1.82) is 0 Å². The Balaban J connectivity index is 1.06. The number of pyridine rings is 1. The van der Waals surface area contributed by atoms with E-state index in [9.17, 15) is 9.59 Å². The van der Waals surface area contributed by atoms with Crippen LogP contribution in [0.2, 0.25) is 0 Å². The van der Waals surface area contributed by atoms with E-state index < -0.39 is 11.7 Å². The van der Waals surface area contributed by atoms with Crippen LogP contribution in [-0.2, 0) is 11.2 Å². The third-order valence-corrected chi connectivity index (χ3v) is 7.17. The second-order valence-corrected chi connectivity index (χ2v) is 11.7. The highest BCUT2D eigenvalue weighted by atomic mass is 16.6. The summed E-state index contributed by atoms with van der Waals surface area (Å²) >= 11 is 0. The minimum atomic E-state index is -0.535. The largest absolute Gasteiger partial charge is 0.455 e. The molecule has 6 rings (SSSR count). The van der Waals surface area contributed by atoms with Gasteiger partial charge in [0.25, 0.3) is 5.91 Å². The second kappa shape index (κ2) is 12.5. The fourth-order valence-corrected chi connectivity index (χ4v) is 5.06. The van der Waals surface area contributed by atoms with E-state index in [2.05, 4.69) is 33.1 Å². The van der Waals surface area contributed by atoms with Gasteiger partial charge >= 0.3 is 6.09 Å². The first-order valence-corrected chi connectivity index (χ1v) is 14.8. The lowest BCUT2D eigenvalue weighted by atomic mass is 10.1. The molecule has 0 fully saturated rings. The molecule has 0 unspecified atom stereocenters. The SMILES string of the molecule is CC(C)(C)OC(=O)NCCc1ccc(C(=O)Nc2ccc(Nc3ccnc(-c4cccc5c4oc4ccccc45)c3)cc2)cc1. The molecule has 8 heteroatoms. The van der Waals surface area contributed by atoms with Crippen LogP contribution < -0.4 is 16.0 Å². The predicted octanol–water partition coefficient (Wildman–Crippen LogP) is 8.71. The predicted molar refractivity (Wildman–Crippen MR) is 179 cm³/mol. The minimum Gasteiger partial charge on any atom is -0.455 e. The summed E-state index contributed by atoms with van der Waals surface area (Å²) in [5.74, 6) is -0.201. The maximum absolute atomic E-state index is 12.8. The Labute approximate surface area is 261 Å². The number of nitrogens with zero attached hydrogens (tertiary/aromatic N) is 1. The molecular weight excluding hydrogens is 564 g/mol. The second-order valence-electron chi connectivity index (χ2n) is 11.7. The van der Waals surface area contributed by atoms with Crippen molar-refractivity contribution in [3.63, 3.8) is 0 Å². The van der Waals surface area contributed by atoms with Crippen LogP contribution in [0.4, 0.5) is 21.9 Å². The number of hydrogen-bond donors (Lipinski definition) is 3. The normalized spacial score (nSPS) is 11.4. The third-order valence-electron chi connectivity index (χ3n) is 7.17. The van der Waals surface area contributed by atoms with Crippen LogP contribution in [0.15, 0.2) is 114 Å². The highest BCUT2D eigenvalue weighted by Crippen LogP contribution is 2.35. The van der Waals surface area contributed by atoms with Crippen LogP contribution in [0, 0.1) is 0 Å². The van der Waals surface area contributed by atoms with Crippen molar-refractivity contribution in [2.75, 3.05) is 17.2 Å². The van der Waals surface area contributed by atoms with Crippen LogP contribution >= 0.6 is 0 Å². The summed E-state index contributed by atoms with van der Waals surface area (Å²) in [6, 6.07) is 32.9. The van der Waals surface area contributed by atoms with Crippen molar-refractivity contribution >= 4 is 51.0 Å². The first kappa shape index (κ1) is 29.4. The monoisotopic (exact) mass is 598 g/mol. The number of hydrogen-bond acceptors (Lipinski definition) is 6. The van der Waals surface area contributed by atoms with Crippen molar-refractivity contribution in [3.8, 4) is 11.3 Å². The standard InChI is InChI=1S/C37H34N4O4/c1-37(2,3)45-36(43)39-21-19-24-11-13-25(14-12-24)35(42)41-27-17-15-26(16-18-27)40-28-20-22-38-32(23-28)31-9-6-8-30-29-7-4-5-10-33(29)44-34(30)31/h4-18,20,22-23H,19,21H2,1-3H3,(H,38,40)(H,39,43)(H,41,42). The van der Waals surface area contributed by atoms with Crippen LogP contribution in [0.25, 0.3) is 33.2 Å². The number of furan rings is 1. The number of rotatable bonds is 8. The number of fused-ring (bicyclic) bond motifs is 3. The molecule has 0 bridgehead atoms. The van der Waals surface area contributed by atoms with Crippen LogP contribution in [0.1, 0.15) is 36.7 Å². The van der Waals surface area contributed by atoms with E-state index in [-0.39, 0.29) is 5.91 Å².